The van der Waals surface area contributed by atoms with E-state index in [9.17, 15) is 9.59 Å². The molecule has 0 unspecified atom stereocenters. The first kappa shape index (κ1) is 19.9. The topological polar surface area (TPSA) is 63.6 Å². The van der Waals surface area contributed by atoms with E-state index in [1.54, 1.807) is 0 Å². The molecule has 1 N–H and O–H groups in total. The minimum Gasteiger partial charge on any atom is -0.481 e. The zero-order valence-corrected chi connectivity index (χ0v) is 13.6. The van der Waals surface area contributed by atoms with Gasteiger partial charge in [0.2, 0.25) is 0 Å². The molecule has 0 fully saturated rings. The summed E-state index contributed by atoms with van der Waals surface area (Å²) in [5.74, 6) is -0.860. The number of carbonyl (C=O) groups excluding carboxylic acids is 1. The third-order valence-corrected chi connectivity index (χ3v) is 3.59. The standard InChI is InChI=1S/C17H32O4/c1-16(18)21-15-13-11-9-7-5-3-2-4-6-8-10-12-14-17(19)20/h2-15H2,1H3,(H,19,20). The number of hydrogen-bond acceptors (Lipinski definition) is 3. The van der Waals surface area contributed by atoms with Gasteiger partial charge in [-0.2, -0.15) is 0 Å². The molecule has 0 aromatic carbocycles. The molecular formula is C17H32O4. The van der Waals surface area contributed by atoms with Gasteiger partial charge in [0.15, 0.2) is 0 Å². The summed E-state index contributed by atoms with van der Waals surface area (Å²) >= 11 is 0. The van der Waals surface area contributed by atoms with E-state index in [0.29, 0.717) is 13.0 Å². The number of ether oxygens (including phenoxy) is 1. The summed E-state index contributed by atoms with van der Waals surface area (Å²) in [4.78, 5) is 20.9. The molecule has 0 spiro atoms. The summed E-state index contributed by atoms with van der Waals surface area (Å²) < 4.78 is 4.88. The van der Waals surface area contributed by atoms with Crippen molar-refractivity contribution in [1.82, 2.24) is 0 Å². The third kappa shape index (κ3) is 18.9. The molecule has 4 heteroatoms. The molecule has 0 aromatic heterocycles. The Kier molecular flexibility index (Phi) is 14.6. The second-order valence-corrected chi connectivity index (χ2v) is 5.73. The second-order valence-electron chi connectivity index (χ2n) is 5.73. The minimum atomic E-state index is -0.678. The number of carboxylic acids is 1. The summed E-state index contributed by atoms with van der Waals surface area (Å²) in [6.45, 7) is 2.02. The van der Waals surface area contributed by atoms with Crippen LogP contribution in [-0.4, -0.2) is 23.7 Å². The van der Waals surface area contributed by atoms with Gasteiger partial charge in [-0.25, -0.2) is 0 Å². The van der Waals surface area contributed by atoms with Crippen molar-refractivity contribution in [2.45, 2.75) is 90.4 Å². The van der Waals surface area contributed by atoms with E-state index in [1.807, 2.05) is 0 Å². The largest absolute Gasteiger partial charge is 0.481 e. The first-order chi connectivity index (χ1) is 10.1. The van der Waals surface area contributed by atoms with Gasteiger partial charge in [0.05, 0.1) is 6.61 Å². The smallest absolute Gasteiger partial charge is 0.303 e. The highest BCUT2D eigenvalue weighted by Gasteiger charge is 1.97. The quantitative estimate of drug-likeness (QED) is 0.351. The Labute approximate surface area is 129 Å². The van der Waals surface area contributed by atoms with Gasteiger partial charge in [-0.15, -0.1) is 0 Å². The number of esters is 1. The Hall–Kier alpha value is -1.06. The molecule has 0 aromatic rings. The van der Waals surface area contributed by atoms with E-state index in [0.717, 1.165) is 25.7 Å². The lowest BCUT2D eigenvalue weighted by atomic mass is 10.0. The Bertz CT molecular complexity index is 238. The van der Waals surface area contributed by atoms with Crippen LogP contribution in [0.3, 0.4) is 0 Å². The average molecular weight is 300 g/mol. The Morgan fingerprint density at radius 1 is 0.714 bits per heavy atom. The van der Waals surface area contributed by atoms with Crippen LogP contribution in [0.25, 0.3) is 0 Å². The Morgan fingerprint density at radius 2 is 1.10 bits per heavy atom. The van der Waals surface area contributed by atoms with Crippen molar-refractivity contribution in [3.63, 3.8) is 0 Å². The molecular weight excluding hydrogens is 268 g/mol. The number of rotatable bonds is 15. The first-order valence-electron chi connectivity index (χ1n) is 8.48. The van der Waals surface area contributed by atoms with Crippen LogP contribution in [0.2, 0.25) is 0 Å². The maximum Gasteiger partial charge on any atom is 0.303 e. The van der Waals surface area contributed by atoms with Crippen LogP contribution in [0.5, 0.6) is 0 Å². The summed E-state index contributed by atoms with van der Waals surface area (Å²) in [7, 11) is 0. The van der Waals surface area contributed by atoms with E-state index in [4.69, 9.17) is 9.84 Å². The molecule has 0 rings (SSSR count). The Morgan fingerprint density at radius 3 is 1.48 bits per heavy atom. The lowest BCUT2D eigenvalue weighted by Gasteiger charge is -2.03. The highest BCUT2D eigenvalue weighted by Crippen LogP contribution is 2.12. The van der Waals surface area contributed by atoms with Crippen molar-refractivity contribution in [2.24, 2.45) is 0 Å². The molecule has 0 aliphatic rings. The van der Waals surface area contributed by atoms with Crippen molar-refractivity contribution in [2.75, 3.05) is 6.61 Å². The number of carboxylic acid groups (broad SMARTS) is 1. The summed E-state index contributed by atoms with van der Waals surface area (Å²) in [6.07, 6.45) is 14.4. The van der Waals surface area contributed by atoms with E-state index < -0.39 is 5.97 Å². The maximum absolute atomic E-state index is 10.5. The number of aliphatic carboxylic acids is 1. The number of carbonyl (C=O) groups is 2. The predicted molar refractivity (Wildman–Crippen MR) is 84.3 cm³/mol. The number of unbranched alkanes of at least 4 members (excludes halogenated alkanes) is 11. The molecule has 0 aliphatic carbocycles. The molecule has 4 nitrogen and oxygen atoms in total. The summed E-state index contributed by atoms with van der Waals surface area (Å²) in [6, 6.07) is 0. The van der Waals surface area contributed by atoms with Gasteiger partial charge in [0.25, 0.3) is 0 Å². The normalized spacial score (nSPS) is 10.5. The molecule has 21 heavy (non-hydrogen) atoms. The molecule has 0 saturated heterocycles. The second kappa shape index (κ2) is 15.3. The maximum atomic E-state index is 10.5. The highest BCUT2D eigenvalue weighted by molar-refractivity contribution is 5.66. The highest BCUT2D eigenvalue weighted by atomic mass is 16.5. The van der Waals surface area contributed by atoms with Crippen molar-refractivity contribution in [1.29, 1.82) is 0 Å². The average Bonchev–Trinajstić information content (AvgIpc) is 2.42. The zero-order chi connectivity index (χ0) is 15.8. The molecule has 0 heterocycles. The van der Waals surface area contributed by atoms with Crippen LogP contribution in [0.4, 0.5) is 0 Å². The van der Waals surface area contributed by atoms with Gasteiger partial charge >= 0.3 is 11.9 Å². The van der Waals surface area contributed by atoms with E-state index in [1.165, 1.54) is 58.3 Å². The van der Waals surface area contributed by atoms with Crippen LogP contribution in [0.15, 0.2) is 0 Å². The fourth-order valence-electron chi connectivity index (χ4n) is 2.36. The fourth-order valence-corrected chi connectivity index (χ4v) is 2.36. The summed E-state index contributed by atoms with van der Waals surface area (Å²) in [5, 5.41) is 8.51. The van der Waals surface area contributed by atoms with Crippen LogP contribution in [-0.2, 0) is 14.3 Å². The van der Waals surface area contributed by atoms with Gasteiger partial charge in [-0.3, -0.25) is 9.59 Å². The van der Waals surface area contributed by atoms with Crippen LogP contribution in [0, 0.1) is 0 Å². The molecule has 0 amide bonds. The van der Waals surface area contributed by atoms with E-state index in [2.05, 4.69) is 0 Å². The lowest BCUT2D eigenvalue weighted by molar-refractivity contribution is -0.141. The Balaban J connectivity index is 2.99. The van der Waals surface area contributed by atoms with E-state index >= 15 is 0 Å². The number of hydrogen-bond donors (Lipinski definition) is 1. The molecule has 0 atom stereocenters. The van der Waals surface area contributed by atoms with Crippen molar-refractivity contribution < 1.29 is 19.4 Å². The zero-order valence-electron chi connectivity index (χ0n) is 13.6. The van der Waals surface area contributed by atoms with Crippen molar-refractivity contribution >= 4 is 11.9 Å². The SMILES string of the molecule is CC(=O)OCCCCCCCCCCCCCCC(=O)O. The fraction of sp³-hybridized carbons (Fsp3) is 0.882. The molecule has 0 bridgehead atoms. The third-order valence-electron chi connectivity index (χ3n) is 3.59. The van der Waals surface area contributed by atoms with Crippen LogP contribution in [0.1, 0.15) is 90.4 Å². The van der Waals surface area contributed by atoms with Gasteiger partial charge in [-0.05, 0) is 12.8 Å². The molecule has 0 saturated carbocycles. The monoisotopic (exact) mass is 300 g/mol. The lowest BCUT2D eigenvalue weighted by Crippen LogP contribution is -2.00. The van der Waals surface area contributed by atoms with Gasteiger partial charge in [-0.1, -0.05) is 64.2 Å². The van der Waals surface area contributed by atoms with Gasteiger partial charge in [0, 0.05) is 13.3 Å². The minimum absolute atomic E-state index is 0.182. The van der Waals surface area contributed by atoms with Gasteiger partial charge in [0.1, 0.15) is 0 Å². The van der Waals surface area contributed by atoms with Crippen molar-refractivity contribution in [3.8, 4) is 0 Å². The molecule has 124 valence electrons. The molecule has 0 radical (unpaired) electrons. The van der Waals surface area contributed by atoms with Crippen LogP contribution < -0.4 is 0 Å². The van der Waals surface area contributed by atoms with Crippen LogP contribution >= 0.6 is 0 Å². The van der Waals surface area contributed by atoms with Crippen molar-refractivity contribution in [3.05, 3.63) is 0 Å². The molecule has 0 aliphatic heterocycles. The van der Waals surface area contributed by atoms with Gasteiger partial charge < -0.3 is 9.84 Å². The summed E-state index contributed by atoms with van der Waals surface area (Å²) in [5.41, 5.74) is 0. The van der Waals surface area contributed by atoms with E-state index in [-0.39, 0.29) is 5.97 Å². The predicted octanol–water partition coefficient (Wildman–Crippen LogP) is 4.71. The first-order valence-corrected chi connectivity index (χ1v) is 8.48.